The molecule has 0 saturated carbocycles. The molecule has 0 radical (unpaired) electrons. The second-order valence-corrected chi connectivity index (χ2v) is 6.26. The first-order valence-electron chi connectivity index (χ1n) is 8.11. The number of ether oxygens (including phenoxy) is 1. The summed E-state index contributed by atoms with van der Waals surface area (Å²) in [6.07, 6.45) is 0. The van der Waals surface area contributed by atoms with Gasteiger partial charge in [0.05, 0.1) is 5.69 Å². The first-order valence-corrected chi connectivity index (χ1v) is 8.11. The molecule has 0 amide bonds. The Bertz CT molecular complexity index is 818. The Hall–Kier alpha value is -2.26. The maximum Gasteiger partial charge on any atom is 0.128 e. The molecule has 3 aromatic rings. The Balaban J connectivity index is 1.98. The summed E-state index contributed by atoms with van der Waals surface area (Å²) in [6, 6.07) is 17.1. The molecule has 0 saturated heterocycles. The van der Waals surface area contributed by atoms with Crippen LogP contribution in [0.5, 0.6) is 5.75 Å². The minimum atomic E-state index is 0.372. The Morgan fingerprint density at radius 2 is 1.87 bits per heavy atom. The van der Waals surface area contributed by atoms with Gasteiger partial charge in [0.2, 0.25) is 0 Å². The highest BCUT2D eigenvalue weighted by Crippen LogP contribution is 2.28. The quantitative estimate of drug-likeness (QED) is 0.750. The van der Waals surface area contributed by atoms with Crippen LogP contribution in [-0.4, -0.2) is 4.57 Å². The van der Waals surface area contributed by atoms with Crippen molar-refractivity contribution in [1.82, 2.24) is 4.57 Å². The summed E-state index contributed by atoms with van der Waals surface area (Å²) in [5.74, 6) is 0.907. The van der Waals surface area contributed by atoms with Crippen molar-refractivity contribution >= 4 is 10.9 Å². The van der Waals surface area contributed by atoms with Crippen molar-refractivity contribution in [3.05, 3.63) is 65.4 Å². The molecule has 23 heavy (non-hydrogen) atoms. The van der Waals surface area contributed by atoms with Gasteiger partial charge < -0.3 is 15.0 Å². The average molecular weight is 308 g/mol. The summed E-state index contributed by atoms with van der Waals surface area (Å²) < 4.78 is 8.35. The Labute approximate surface area is 137 Å². The van der Waals surface area contributed by atoms with Gasteiger partial charge in [-0.2, -0.15) is 0 Å². The standard InChI is InChI=1S/C20H24N2O/c1-14(2)22-17(13-23-18-8-4-6-15(3)10-18)11-19-16(12-21)7-5-9-20(19)22/h4-11,14H,12-13,21H2,1-3H3. The minimum Gasteiger partial charge on any atom is -0.487 e. The molecule has 3 heteroatoms. The van der Waals surface area contributed by atoms with E-state index in [1.54, 1.807) is 0 Å². The fourth-order valence-electron chi connectivity index (χ4n) is 3.13. The Morgan fingerprint density at radius 1 is 1.09 bits per heavy atom. The SMILES string of the molecule is Cc1cccc(OCc2cc3c(CN)cccc3n2C(C)C)c1. The third-order valence-electron chi connectivity index (χ3n) is 4.17. The van der Waals surface area contributed by atoms with E-state index < -0.39 is 0 Å². The normalized spacial score (nSPS) is 11.3. The summed E-state index contributed by atoms with van der Waals surface area (Å²) in [6.45, 7) is 7.58. The zero-order valence-corrected chi connectivity index (χ0v) is 14.0. The molecule has 0 spiro atoms. The van der Waals surface area contributed by atoms with Crippen LogP contribution in [0.4, 0.5) is 0 Å². The maximum absolute atomic E-state index is 6.01. The van der Waals surface area contributed by atoms with Crippen LogP contribution < -0.4 is 10.5 Å². The van der Waals surface area contributed by atoms with Crippen molar-refractivity contribution in [3.8, 4) is 5.75 Å². The Morgan fingerprint density at radius 3 is 2.57 bits per heavy atom. The van der Waals surface area contributed by atoms with E-state index in [1.165, 1.54) is 27.7 Å². The van der Waals surface area contributed by atoms with Gasteiger partial charge in [0.1, 0.15) is 12.4 Å². The van der Waals surface area contributed by atoms with E-state index in [2.05, 4.69) is 61.7 Å². The molecule has 0 fully saturated rings. The monoisotopic (exact) mass is 308 g/mol. The minimum absolute atomic E-state index is 0.372. The second kappa shape index (κ2) is 6.47. The molecule has 0 atom stereocenters. The van der Waals surface area contributed by atoms with Crippen molar-refractivity contribution in [2.45, 2.75) is 40.0 Å². The van der Waals surface area contributed by atoms with Crippen LogP contribution in [0, 0.1) is 6.92 Å². The van der Waals surface area contributed by atoms with Gasteiger partial charge in [-0.3, -0.25) is 0 Å². The molecule has 3 rings (SSSR count). The van der Waals surface area contributed by atoms with E-state index in [0.29, 0.717) is 19.2 Å². The second-order valence-electron chi connectivity index (χ2n) is 6.26. The lowest BCUT2D eigenvalue weighted by atomic mass is 10.1. The highest BCUT2D eigenvalue weighted by molar-refractivity contribution is 5.85. The van der Waals surface area contributed by atoms with Crippen LogP contribution in [0.3, 0.4) is 0 Å². The van der Waals surface area contributed by atoms with E-state index in [4.69, 9.17) is 10.5 Å². The van der Waals surface area contributed by atoms with Crippen LogP contribution in [-0.2, 0) is 13.2 Å². The third-order valence-corrected chi connectivity index (χ3v) is 4.17. The van der Waals surface area contributed by atoms with E-state index in [9.17, 15) is 0 Å². The third kappa shape index (κ3) is 3.10. The van der Waals surface area contributed by atoms with E-state index >= 15 is 0 Å². The lowest BCUT2D eigenvalue weighted by molar-refractivity contribution is 0.293. The molecule has 0 aliphatic carbocycles. The largest absolute Gasteiger partial charge is 0.487 e. The van der Waals surface area contributed by atoms with Crippen molar-refractivity contribution in [3.63, 3.8) is 0 Å². The molecular weight excluding hydrogens is 284 g/mol. The van der Waals surface area contributed by atoms with E-state index in [0.717, 1.165) is 5.75 Å². The summed E-state index contributed by atoms with van der Waals surface area (Å²) in [4.78, 5) is 0. The average Bonchev–Trinajstić information content (AvgIpc) is 2.91. The molecule has 0 aliphatic heterocycles. The molecule has 3 nitrogen and oxygen atoms in total. The molecule has 0 aliphatic rings. The van der Waals surface area contributed by atoms with Gasteiger partial charge in [0.25, 0.3) is 0 Å². The fourth-order valence-corrected chi connectivity index (χ4v) is 3.13. The van der Waals surface area contributed by atoms with E-state index in [-0.39, 0.29) is 0 Å². The number of benzene rings is 2. The zero-order valence-electron chi connectivity index (χ0n) is 14.0. The van der Waals surface area contributed by atoms with E-state index in [1.807, 2.05) is 12.1 Å². The van der Waals surface area contributed by atoms with Crippen molar-refractivity contribution in [1.29, 1.82) is 0 Å². The first kappa shape index (κ1) is 15.6. The molecule has 2 N–H and O–H groups in total. The van der Waals surface area contributed by atoms with Crippen LogP contribution in [0.1, 0.15) is 36.7 Å². The lowest BCUT2D eigenvalue weighted by Crippen LogP contribution is -2.08. The van der Waals surface area contributed by atoms with Gasteiger partial charge in [-0.15, -0.1) is 0 Å². The summed E-state index contributed by atoms with van der Waals surface area (Å²) in [5.41, 5.74) is 10.7. The number of nitrogens with zero attached hydrogens (tertiary/aromatic N) is 1. The maximum atomic E-state index is 6.01. The van der Waals surface area contributed by atoms with Gasteiger partial charge in [-0.25, -0.2) is 0 Å². The predicted octanol–water partition coefficient (Wildman–Crippen LogP) is 4.57. The highest BCUT2D eigenvalue weighted by atomic mass is 16.5. The lowest BCUT2D eigenvalue weighted by Gasteiger charge is -2.15. The fraction of sp³-hybridized carbons (Fsp3) is 0.300. The summed E-state index contributed by atoms with van der Waals surface area (Å²) in [5, 5.41) is 1.23. The van der Waals surface area contributed by atoms with Gasteiger partial charge in [-0.05, 0) is 56.2 Å². The molecule has 2 aromatic carbocycles. The predicted molar refractivity (Wildman–Crippen MR) is 95.7 cm³/mol. The number of nitrogens with two attached hydrogens (primary N) is 1. The summed E-state index contributed by atoms with van der Waals surface area (Å²) in [7, 11) is 0. The number of rotatable bonds is 5. The Kier molecular flexibility index (Phi) is 4.39. The zero-order chi connectivity index (χ0) is 16.4. The number of hydrogen-bond acceptors (Lipinski definition) is 2. The van der Waals surface area contributed by atoms with Crippen molar-refractivity contribution < 1.29 is 4.74 Å². The van der Waals surface area contributed by atoms with Crippen LogP contribution in [0.2, 0.25) is 0 Å². The van der Waals surface area contributed by atoms with Gasteiger partial charge in [0, 0.05) is 23.5 Å². The van der Waals surface area contributed by atoms with Gasteiger partial charge >= 0.3 is 0 Å². The first-order chi connectivity index (χ1) is 11.1. The smallest absolute Gasteiger partial charge is 0.128 e. The number of hydrogen-bond donors (Lipinski definition) is 1. The summed E-state index contributed by atoms with van der Waals surface area (Å²) >= 11 is 0. The van der Waals surface area contributed by atoms with Gasteiger partial charge in [-0.1, -0.05) is 24.3 Å². The molecule has 120 valence electrons. The molecule has 0 unspecified atom stereocenters. The van der Waals surface area contributed by atoms with Crippen LogP contribution in [0.25, 0.3) is 10.9 Å². The number of aromatic nitrogens is 1. The van der Waals surface area contributed by atoms with Gasteiger partial charge in [0.15, 0.2) is 0 Å². The highest BCUT2D eigenvalue weighted by Gasteiger charge is 2.14. The van der Waals surface area contributed by atoms with Crippen LogP contribution in [0.15, 0.2) is 48.5 Å². The van der Waals surface area contributed by atoms with Crippen molar-refractivity contribution in [2.24, 2.45) is 5.73 Å². The molecule has 1 heterocycles. The number of fused-ring (bicyclic) bond motifs is 1. The molecule has 0 bridgehead atoms. The van der Waals surface area contributed by atoms with Crippen molar-refractivity contribution in [2.75, 3.05) is 0 Å². The van der Waals surface area contributed by atoms with Crippen LogP contribution >= 0.6 is 0 Å². The molecular formula is C20H24N2O. The molecule has 1 aromatic heterocycles. The number of aryl methyl sites for hydroxylation is 1. The topological polar surface area (TPSA) is 40.2 Å².